The Hall–Kier alpha value is -2.29. The number of nitrogens with two attached hydrogens (primary N) is 1. The molecule has 3 rings (SSSR count). The number of aromatic nitrogens is 5. The Kier molecular flexibility index (Phi) is 5.42. The molecule has 9 heteroatoms. The highest BCUT2D eigenvalue weighted by atomic mass is 16.5. The molecule has 2 aromatic rings. The van der Waals surface area contributed by atoms with Gasteiger partial charge in [0.25, 0.3) is 5.91 Å². The predicted molar refractivity (Wildman–Crippen MR) is 89.8 cm³/mol. The average Bonchev–Trinajstić information content (AvgIpc) is 3.24. The Morgan fingerprint density at radius 1 is 1.48 bits per heavy atom. The van der Waals surface area contributed by atoms with Gasteiger partial charge in [-0.3, -0.25) is 9.48 Å². The van der Waals surface area contributed by atoms with Crippen LogP contribution in [0.25, 0.3) is 0 Å². The summed E-state index contributed by atoms with van der Waals surface area (Å²) in [6.07, 6.45) is 4.28. The molecule has 0 radical (unpaired) electrons. The lowest BCUT2D eigenvalue weighted by atomic mass is 9.97. The minimum Gasteiger partial charge on any atom is -0.339 e. The zero-order chi connectivity index (χ0) is 17.8. The molecule has 2 N–H and O–H groups in total. The molecule has 9 nitrogen and oxygen atoms in total. The highest BCUT2D eigenvalue weighted by Crippen LogP contribution is 2.26. The van der Waals surface area contributed by atoms with Crippen molar-refractivity contribution in [3.8, 4) is 0 Å². The molecule has 0 saturated carbocycles. The lowest BCUT2D eigenvalue weighted by Crippen LogP contribution is -2.39. The summed E-state index contributed by atoms with van der Waals surface area (Å²) < 4.78 is 7.02. The van der Waals surface area contributed by atoms with Crippen LogP contribution in [-0.2, 0) is 13.0 Å². The maximum Gasteiger partial charge on any atom is 0.276 e. The van der Waals surface area contributed by atoms with E-state index in [-0.39, 0.29) is 11.8 Å². The van der Waals surface area contributed by atoms with Crippen molar-refractivity contribution in [2.24, 2.45) is 11.7 Å². The molecule has 1 saturated heterocycles. The van der Waals surface area contributed by atoms with E-state index >= 15 is 0 Å². The third-order valence-corrected chi connectivity index (χ3v) is 4.25. The van der Waals surface area contributed by atoms with Gasteiger partial charge in [0.05, 0.1) is 18.7 Å². The molecule has 0 aliphatic carbocycles. The Morgan fingerprint density at radius 2 is 2.32 bits per heavy atom. The normalized spacial score (nSPS) is 18.1. The second kappa shape index (κ2) is 7.73. The molecule has 25 heavy (non-hydrogen) atoms. The molecule has 1 atom stereocenters. The van der Waals surface area contributed by atoms with Gasteiger partial charge in [0.15, 0.2) is 11.5 Å². The summed E-state index contributed by atoms with van der Waals surface area (Å²) in [6, 6.07) is 0. The van der Waals surface area contributed by atoms with Crippen molar-refractivity contribution in [1.82, 2.24) is 30.0 Å². The fraction of sp³-hybridized carbons (Fsp3) is 0.688. The molecule has 1 aliphatic heterocycles. The van der Waals surface area contributed by atoms with Crippen LogP contribution in [0.4, 0.5) is 0 Å². The summed E-state index contributed by atoms with van der Waals surface area (Å²) in [5.41, 5.74) is 5.84. The van der Waals surface area contributed by atoms with Crippen molar-refractivity contribution in [1.29, 1.82) is 0 Å². The average molecular weight is 347 g/mol. The van der Waals surface area contributed by atoms with E-state index in [0.29, 0.717) is 43.7 Å². The van der Waals surface area contributed by atoms with Crippen LogP contribution >= 0.6 is 0 Å². The Balaban J connectivity index is 1.65. The van der Waals surface area contributed by atoms with E-state index in [1.54, 1.807) is 15.8 Å². The number of hydrogen-bond acceptors (Lipinski definition) is 7. The molecular weight excluding hydrogens is 322 g/mol. The summed E-state index contributed by atoms with van der Waals surface area (Å²) in [7, 11) is 0. The van der Waals surface area contributed by atoms with Crippen molar-refractivity contribution in [2.75, 3.05) is 19.6 Å². The summed E-state index contributed by atoms with van der Waals surface area (Å²) in [4.78, 5) is 19.0. The van der Waals surface area contributed by atoms with Gasteiger partial charge in [-0.15, -0.1) is 5.10 Å². The first kappa shape index (κ1) is 17.5. The molecule has 3 heterocycles. The Labute approximate surface area is 146 Å². The van der Waals surface area contributed by atoms with E-state index < -0.39 is 0 Å². The summed E-state index contributed by atoms with van der Waals surface area (Å²) in [5, 5.41) is 11.9. The number of carbonyl (C=O) groups excluding carboxylic acids is 1. The molecule has 1 fully saturated rings. The number of rotatable bonds is 6. The zero-order valence-corrected chi connectivity index (χ0v) is 14.8. The maximum absolute atomic E-state index is 12.7. The third kappa shape index (κ3) is 4.22. The Morgan fingerprint density at radius 3 is 3.08 bits per heavy atom. The molecule has 0 spiro atoms. The van der Waals surface area contributed by atoms with Gasteiger partial charge in [-0.25, -0.2) is 0 Å². The quantitative estimate of drug-likeness (QED) is 0.823. The minimum atomic E-state index is -0.116. The number of amides is 1. The molecule has 1 unspecified atom stereocenters. The second-order valence-corrected chi connectivity index (χ2v) is 6.89. The van der Waals surface area contributed by atoms with E-state index in [1.165, 1.54) is 0 Å². The first-order chi connectivity index (χ1) is 12.1. The topological polar surface area (TPSA) is 116 Å². The number of carbonyl (C=O) groups is 1. The molecule has 0 aromatic carbocycles. The molecule has 136 valence electrons. The van der Waals surface area contributed by atoms with E-state index in [2.05, 4.69) is 34.3 Å². The van der Waals surface area contributed by atoms with Gasteiger partial charge in [0, 0.05) is 26.1 Å². The third-order valence-electron chi connectivity index (χ3n) is 4.25. The number of nitrogens with zero attached hydrogens (tertiary/aromatic N) is 6. The van der Waals surface area contributed by atoms with Gasteiger partial charge >= 0.3 is 0 Å². The van der Waals surface area contributed by atoms with Crippen LogP contribution in [0.3, 0.4) is 0 Å². The van der Waals surface area contributed by atoms with Crippen LogP contribution in [0.1, 0.15) is 54.8 Å². The molecule has 1 amide bonds. The monoisotopic (exact) mass is 347 g/mol. The first-order valence-corrected chi connectivity index (χ1v) is 8.78. The first-order valence-electron chi connectivity index (χ1n) is 8.78. The minimum absolute atomic E-state index is 0.0743. The fourth-order valence-corrected chi connectivity index (χ4v) is 3.04. The lowest BCUT2D eigenvalue weighted by Gasteiger charge is -2.30. The van der Waals surface area contributed by atoms with Crippen LogP contribution in [0.5, 0.6) is 0 Å². The highest BCUT2D eigenvalue weighted by molar-refractivity contribution is 5.92. The number of piperidine rings is 1. The molecule has 0 bridgehead atoms. The molecule has 1 aliphatic rings. The maximum atomic E-state index is 12.7. The van der Waals surface area contributed by atoms with Crippen LogP contribution in [0.2, 0.25) is 0 Å². The zero-order valence-electron chi connectivity index (χ0n) is 14.8. The highest BCUT2D eigenvalue weighted by Gasteiger charge is 2.30. The van der Waals surface area contributed by atoms with Crippen LogP contribution in [0.15, 0.2) is 10.7 Å². The van der Waals surface area contributed by atoms with Crippen LogP contribution in [0, 0.1) is 5.92 Å². The van der Waals surface area contributed by atoms with Gasteiger partial charge in [0.2, 0.25) is 5.89 Å². The van der Waals surface area contributed by atoms with Crippen molar-refractivity contribution in [3.63, 3.8) is 0 Å². The molecular formula is C16H25N7O2. The van der Waals surface area contributed by atoms with Gasteiger partial charge in [-0.2, -0.15) is 4.98 Å². The summed E-state index contributed by atoms with van der Waals surface area (Å²) in [5.74, 6) is 1.80. The van der Waals surface area contributed by atoms with Crippen molar-refractivity contribution < 1.29 is 9.32 Å². The largest absolute Gasteiger partial charge is 0.339 e. The van der Waals surface area contributed by atoms with Gasteiger partial charge in [-0.05, 0) is 18.8 Å². The van der Waals surface area contributed by atoms with Gasteiger partial charge in [0.1, 0.15) is 0 Å². The Bertz CT molecular complexity index is 709. The number of hydrogen-bond donors (Lipinski definition) is 1. The van der Waals surface area contributed by atoms with Gasteiger partial charge in [-0.1, -0.05) is 24.2 Å². The fourth-order valence-electron chi connectivity index (χ4n) is 3.04. The van der Waals surface area contributed by atoms with E-state index in [0.717, 1.165) is 25.1 Å². The predicted octanol–water partition coefficient (Wildman–Crippen LogP) is 0.838. The second-order valence-electron chi connectivity index (χ2n) is 6.89. The smallest absolute Gasteiger partial charge is 0.276 e. The number of likely N-dealkylation sites (tertiary alicyclic amines) is 1. The van der Waals surface area contributed by atoms with Crippen LogP contribution in [-0.4, -0.2) is 55.6 Å². The lowest BCUT2D eigenvalue weighted by molar-refractivity contribution is 0.0689. The summed E-state index contributed by atoms with van der Waals surface area (Å²) >= 11 is 0. The van der Waals surface area contributed by atoms with Crippen molar-refractivity contribution >= 4 is 5.91 Å². The van der Waals surface area contributed by atoms with Crippen molar-refractivity contribution in [2.45, 2.75) is 45.6 Å². The van der Waals surface area contributed by atoms with Crippen LogP contribution < -0.4 is 5.73 Å². The van der Waals surface area contributed by atoms with E-state index in [1.807, 2.05) is 0 Å². The SMILES string of the molecule is CC(C)Cc1noc(C2CCCN(C(=O)c3cn(CCN)nn3)C2)n1. The van der Waals surface area contributed by atoms with Gasteiger partial charge < -0.3 is 15.2 Å². The van der Waals surface area contributed by atoms with E-state index in [4.69, 9.17) is 10.3 Å². The molecule has 2 aromatic heterocycles. The summed E-state index contributed by atoms with van der Waals surface area (Å²) in [6.45, 7) is 6.50. The standard InChI is InChI=1S/C16H25N7O2/c1-11(2)8-14-18-15(25-20-14)12-4-3-6-22(9-12)16(24)13-10-23(7-5-17)21-19-13/h10-12H,3-9,17H2,1-2H3. The van der Waals surface area contributed by atoms with E-state index in [9.17, 15) is 4.79 Å². The van der Waals surface area contributed by atoms with Crippen molar-refractivity contribution in [3.05, 3.63) is 23.6 Å².